The zero-order valence-electron chi connectivity index (χ0n) is 14.4. The first-order chi connectivity index (χ1) is 12.7. The van der Waals surface area contributed by atoms with Crippen molar-refractivity contribution in [1.29, 1.82) is 0 Å². The van der Waals surface area contributed by atoms with Crippen LogP contribution in [0.1, 0.15) is 33.6 Å². The summed E-state index contributed by atoms with van der Waals surface area (Å²) >= 11 is 0. The number of ether oxygens (including phenoxy) is 1. The summed E-state index contributed by atoms with van der Waals surface area (Å²) < 4.78 is 5.30. The van der Waals surface area contributed by atoms with Crippen molar-refractivity contribution in [3.05, 3.63) is 59.7 Å². The van der Waals surface area contributed by atoms with Crippen LogP contribution in [0.5, 0.6) is 5.75 Å². The van der Waals surface area contributed by atoms with E-state index in [1.165, 1.54) is 0 Å². The topological polar surface area (TPSA) is 58.6 Å². The molecule has 1 heterocycles. The smallest absolute Gasteiger partial charge is 0.255 e. The number of hydrogen-bond acceptors (Lipinski definition) is 3. The quantitative estimate of drug-likeness (QED) is 0.844. The van der Waals surface area contributed by atoms with Crippen molar-refractivity contribution in [3.8, 4) is 18.1 Å². The zero-order chi connectivity index (χ0) is 18.4. The van der Waals surface area contributed by atoms with E-state index < -0.39 is 0 Å². The lowest BCUT2D eigenvalue weighted by atomic mass is 10.1. The van der Waals surface area contributed by atoms with Gasteiger partial charge in [0.15, 0.2) is 0 Å². The Morgan fingerprint density at radius 1 is 1.08 bits per heavy atom. The van der Waals surface area contributed by atoms with Crippen LogP contribution in [0, 0.1) is 12.3 Å². The van der Waals surface area contributed by atoms with Crippen LogP contribution in [-0.2, 0) is 0 Å². The van der Waals surface area contributed by atoms with Crippen LogP contribution in [-0.4, -0.2) is 36.4 Å². The van der Waals surface area contributed by atoms with Gasteiger partial charge in [-0.3, -0.25) is 9.59 Å². The highest BCUT2D eigenvalue weighted by molar-refractivity contribution is 6.09. The minimum atomic E-state index is -0.282. The Morgan fingerprint density at radius 3 is 2.46 bits per heavy atom. The lowest BCUT2D eigenvalue weighted by Crippen LogP contribution is -2.28. The van der Waals surface area contributed by atoms with Gasteiger partial charge in [-0.1, -0.05) is 18.1 Å². The molecule has 2 aromatic carbocycles. The molecule has 0 bridgehead atoms. The number of terminal acetylenes is 1. The summed E-state index contributed by atoms with van der Waals surface area (Å²) in [5.41, 5.74) is 1.50. The van der Waals surface area contributed by atoms with E-state index in [1.54, 1.807) is 48.5 Å². The largest absolute Gasteiger partial charge is 0.481 e. The maximum absolute atomic E-state index is 12.7. The maximum Gasteiger partial charge on any atom is 0.255 e. The molecule has 1 saturated heterocycles. The highest BCUT2D eigenvalue weighted by Crippen LogP contribution is 2.21. The molecule has 0 spiro atoms. The molecule has 0 aromatic heterocycles. The third-order valence-corrected chi connectivity index (χ3v) is 4.24. The van der Waals surface area contributed by atoms with Gasteiger partial charge in [0.05, 0.1) is 11.3 Å². The van der Waals surface area contributed by atoms with Crippen molar-refractivity contribution in [2.75, 3.05) is 25.0 Å². The van der Waals surface area contributed by atoms with Gasteiger partial charge in [-0.15, -0.1) is 6.42 Å². The summed E-state index contributed by atoms with van der Waals surface area (Å²) in [5.74, 6) is 2.66. The molecule has 5 nitrogen and oxygen atoms in total. The molecule has 0 unspecified atom stereocenters. The molecule has 1 N–H and O–H groups in total. The zero-order valence-corrected chi connectivity index (χ0v) is 14.4. The van der Waals surface area contributed by atoms with Gasteiger partial charge in [-0.2, -0.15) is 0 Å². The van der Waals surface area contributed by atoms with Gasteiger partial charge < -0.3 is 15.0 Å². The fourth-order valence-corrected chi connectivity index (χ4v) is 2.89. The van der Waals surface area contributed by atoms with Crippen molar-refractivity contribution in [1.82, 2.24) is 4.90 Å². The van der Waals surface area contributed by atoms with Crippen LogP contribution in [0.4, 0.5) is 5.69 Å². The minimum absolute atomic E-state index is 0.0450. The molecule has 26 heavy (non-hydrogen) atoms. The van der Waals surface area contributed by atoms with E-state index in [2.05, 4.69) is 11.2 Å². The molecule has 1 aliphatic rings. The van der Waals surface area contributed by atoms with E-state index in [4.69, 9.17) is 11.2 Å². The fraction of sp³-hybridized carbons (Fsp3) is 0.238. The van der Waals surface area contributed by atoms with E-state index in [-0.39, 0.29) is 18.4 Å². The van der Waals surface area contributed by atoms with Crippen LogP contribution in [0.2, 0.25) is 0 Å². The maximum atomic E-state index is 12.7. The fourth-order valence-electron chi connectivity index (χ4n) is 2.89. The Hall–Kier alpha value is -3.26. The van der Waals surface area contributed by atoms with Crippen LogP contribution in [0.25, 0.3) is 0 Å². The highest BCUT2D eigenvalue weighted by Gasteiger charge is 2.22. The van der Waals surface area contributed by atoms with Gasteiger partial charge in [0.25, 0.3) is 11.8 Å². The number of nitrogens with one attached hydrogen (secondary N) is 1. The summed E-state index contributed by atoms with van der Waals surface area (Å²) in [6.07, 6.45) is 7.20. The molecule has 0 saturated carbocycles. The molecule has 1 fully saturated rings. The molecule has 0 atom stereocenters. The first-order valence-corrected chi connectivity index (χ1v) is 8.55. The standard InChI is InChI=1S/C21H20N2O3/c1-2-15-26-17-11-9-16(10-12-17)20(24)22-19-8-4-3-7-18(19)21(25)23-13-5-6-14-23/h1,3-4,7-12H,5-6,13-15H2,(H,22,24). The van der Waals surface area contributed by atoms with E-state index >= 15 is 0 Å². The molecule has 3 rings (SSSR count). The van der Waals surface area contributed by atoms with Crippen LogP contribution < -0.4 is 10.1 Å². The lowest BCUT2D eigenvalue weighted by molar-refractivity contribution is 0.0794. The number of nitrogens with zero attached hydrogens (tertiary/aromatic N) is 1. The van der Waals surface area contributed by atoms with E-state index in [0.717, 1.165) is 25.9 Å². The predicted molar refractivity (Wildman–Crippen MR) is 100 cm³/mol. The van der Waals surface area contributed by atoms with Crippen LogP contribution in [0.3, 0.4) is 0 Å². The number of rotatable bonds is 5. The van der Waals surface area contributed by atoms with Crippen LogP contribution in [0.15, 0.2) is 48.5 Å². The van der Waals surface area contributed by atoms with Crippen LogP contribution >= 0.6 is 0 Å². The normalized spacial score (nSPS) is 13.1. The number of anilines is 1. The average Bonchev–Trinajstić information content (AvgIpc) is 3.21. The Labute approximate surface area is 153 Å². The Balaban J connectivity index is 1.73. The van der Waals surface area contributed by atoms with Crippen molar-refractivity contribution in [2.45, 2.75) is 12.8 Å². The third-order valence-electron chi connectivity index (χ3n) is 4.24. The van der Waals surface area contributed by atoms with Crippen molar-refractivity contribution >= 4 is 17.5 Å². The average molecular weight is 348 g/mol. The predicted octanol–water partition coefficient (Wildman–Crippen LogP) is 3.19. The summed E-state index contributed by atoms with van der Waals surface area (Å²) in [5, 5.41) is 2.83. The molecule has 0 aliphatic carbocycles. The van der Waals surface area contributed by atoms with Gasteiger partial charge in [0.1, 0.15) is 12.4 Å². The van der Waals surface area contributed by atoms with Crippen molar-refractivity contribution in [2.24, 2.45) is 0 Å². The first kappa shape index (κ1) is 17.6. The van der Waals surface area contributed by atoms with Gasteiger partial charge >= 0.3 is 0 Å². The summed E-state index contributed by atoms with van der Waals surface area (Å²) in [7, 11) is 0. The SMILES string of the molecule is C#CCOc1ccc(C(=O)Nc2ccccc2C(=O)N2CCCC2)cc1. The number of carbonyl (C=O) groups is 2. The van der Waals surface area contributed by atoms with E-state index in [9.17, 15) is 9.59 Å². The Kier molecular flexibility index (Phi) is 5.55. The highest BCUT2D eigenvalue weighted by atomic mass is 16.5. The molecule has 2 aromatic rings. The second-order valence-electron chi connectivity index (χ2n) is 6.02. The number of likely N-dealkylation sites (tertiary alicyclic amines) is 1. The Morgan fingerprint density at radius 2 is 1.77 bits per heavy atom. The monoisotopic (exact) mass is 348 g/mol. The number of carbonyl (C=O) groups excluding carboxylic acids is 2. The summed E-state index contributed by atoms with van der Waals surface area (Å²) in [6, 6.07) is 13.8. The molecular formula is C21H20N2O3. The lowest BCUT2D eigenvalue weighted by Gasteiger charge is -2.18. The number of amides is 2. The van der Waals surface area contributed by atoms with E-state index in [0.29, 0.717) is 22.6 Å². The molecule has 132 valence electrons. The van der Waals surface area contributed by atoms with Gasteiger partial charge in [-0.25, -0.2) is 0 Å². The van der Waals surface area contributed by atoms with Crippen molar-refractivity contribution < 1.29 is 14.3 Å². The third kappa shape index (κ3) is 4.04. The molecule has 0 radical (unpaired) electrons. The molecule has 1 aliphatic heterocycles. The molecule has 2 amide bonds. The number of hydrogen-bond donors (Lipinski definition) is 1. The molecule has 5 heteroatoms. The van der Waals surface area contributed by atoms with Crippen molar-refractivity contribution in [3.63, 3.8) is 0 Å². The van der Waals surface area contributed by atoms with E-state index in [1.807, 2.05) is 4.90 Å². The molecular weight excluding hydrogens is 328 g/mol. The second-order valence-corrected chi connectivity index (χ2v) is 6.02. The summed E-state index contributed by atoms with van der Waals surface area (Å²) in [6.45, 7) is 1.71. The minimum Gasteiger partial charge on any atom is -0.481 e. The summed E-state index contributed by atoms with van der Waals surface area (Å²) in [4.78, 5) is 27.0. The first-order valence-electron chi connectivity index (χ1n) is 8.55. The number of para-hydroxylation sites is 1. The Bertz CT molecular complexity index is 831. The number of benzene rings is 2. The van der Waals surface area contributed by atoms with Gasteiger partial charge in [0.2, 0.25) is 0 Å². The second kappa shape index (κ2) is 8.21. The van der Waals surface area contributed by atoms with Gasteiger partial charge in [-0.05, 0) is 49.2 Å². The van der Waals surface area contributed by atoms with Gasteiger partial charge in [0, 0.05) is 18.7 Å².